The van der Waals surface area contributed by atoms with E-state index in [4.69, 9.17) is 4.74 Å². The molecule has 0 saturated carbocycles. The average Bonchev–Trinajstić information content (AvgIpc) is 2.63. The standard InChI is InChI=1S/C21H22O3S/c1-3-13-24-21(23)19(16(2)22)14-18-11-7-8-12-20(18)25-15-17-9-5-4-6-10-17/h4-12,14H,3,13,15H2,1-2H3. The van der Waals surface area contributed by atoms with Crippen molar-refractivity contribution in [1.82, 2.24) is 0 Å². The highest BCUT2D eigenvalue weighted by Crippen LogP contribution is 2.28. The minimum atomic E-state index is -0.558. The van der Waals surface area contributed by atoms with Crippen LogP contribution in [0.5, 0.6) is 0 Å². The molecule has 0 radical (unpaired) electrons. The molecule has 0 aromatic heterocycles. The number of hydrogen-bond donors (Lipinski definition) is 0. The molecule has 3 nitrogen and oxygen atoms in total. The van der Waals surface area contributed by atoms with Gasteiger partial charge in [-0.1, -0.05) is 55.5 Å². The minimum absolute atomic E-state index is 0.0845. The smallest absolute Gasteiger partial charge is 0.341 e. The summed E-state index contributed by atoms with van der Waals surface area (Å²) in [5.74, 6) is -0.0253. The third-order valence-corrected chi connectivity index (χ3v) is 4.65. The molecule has 2 rings (SSSR count). The molecule has 0 fully saturated rings. The van der Waals surface area contributed by atoms with Crippen molar-refractivity contribution in [2.24, 2.45) is 0 Å². The zero-order valence-electron chi connectivity index (χ0n) is 14.5. The number of ether oxygens (including phenoxy) is 1. The summed E-state index contributed by atoms with van der Waals surface area (Å²) in [6, 6.07) is 17.9. The summed E-state index contributed by atoms with van der Waals surface area (Å²) >= 11 is 1.68. The zero-order valence-corrected chi connectivity index (χ0v) is 15.3. The van der Waals surface area contributed by atoms with Gasteiger partial charge in [-0.3, -0.25) is 4.79 Å². The van der Waals surface area contributed by atoms with Gasteiger partial charge in [0.2, 0.25) is 0 Å². The van der Waals surface area contributed by atoms with E-state index in [1.165, 1.54) is 12.5 Å². The van der Waals surface area contributed by atoms with Gasteiger partial charge in [-0.15, -0.1) is 11.8 Å². The molecule has 130 valence electrons. The Labute approximate surface area is 153 Å². The van der Waals surface area contributed by atoms with E-state index in [9.17, 15) is 9.59 Å². The summed E-state index contributed by atoms with van der Waals surface area (Å²) < 4.78 is 5.12. The predicted molar refractivity (Wildman–Crippen MR) is 102 cm³/mol. The molecule has 0 amide bonds. The van der Waals surface area contributed by atoms with E-state index in [0.717, 1.165) is 22.6 Å². The molecule has 0 aliphatic heterocycles. The fourth-order valence-corrected chi connectivity index (χ4v) is 3.18. The molecule has 0 saturated heterocycles. The highest BCUT2D eigenvalue weighted by Gasteiger charge is 2.16. The first-order valence-corrected chi connectivity index (χ1v) is 9.26. The van der Waals surface area contributed by atoms with Gasteiger partial charge in [0.25, 0.3) is 0 Å². The Morgan fingerprint density at radius 3 is 2.40 bits per heavy atom. The Kier molecular flexibility index (Phi) is 7.48. The van der Waals surface area contributed by atoms with Gasteiger partial charge in [0.05, 0.1) is 6.61 Å². The van der Waals surface area contributed by atoms with Crippen molar-refractivity contribution < 1.29 is 14.3 Å². The molecule has 2 aromatic rings. The van der Waals surface area contributed by atoms with Crippen LogP contribution in [0.4, 0.5) is 0 Å². The van der Waals surface area contributed by atoms with Crippen LogP contribution in [0.3, 0.4) is 0 Å². The summed E-state index contributed by atoms with van der Waals surface area (Å²) in [6.45, 7) is 3.62. The molecule has 0 bridgehead atoms. The summed E-state index contributed by atoms with van der Waals surface area (Å²) in [4.78, 5) is 25.0. The van der Waals surface area contributed by atoms with Gasteiger partial charge < -0.3 is 4.74 Å². The SMILES string of the molecule is CCCOC(=O)C(=Cc1ccccc1SCc1ccccc1)C(C)=O. The van der Waals surface area contributed by atoms with Crippen molar-refractivity contribution in [2.45, 2.75) is 30.9 Å². The Morgan fingerprint density at radius 1 is 1.04 bits per heavy atom. The molecule has 0 N–H and O–H groups in total. The van der Waals surface area contributed by atoms with Crippen LogP contribution >= 0.6 is 11.8 Å². The van der Waals surface area contributed by atoms with E-state index in [-0.39, 0.29) is 11.4 Å². The van der Waals surface area contributed by atoms with Crippen LogP contribution in [0.1, 0.15) is 31.4 Å². The van der Waals surface area contributed by atoms with Crippen molar-refractivity contribution in [3.8, 4) is 0 Å². The van der Waals surface area contributed by atoms with E-state index >= 15 is 0 Å². The quantitative estimate of drug-likeness (QED) is 0.222. The lowest BCUT2D eigenvalue weighted by molar-refractivity contribution is -0.140. The maximum Gasteiger partial charge on any atom is 0.341 e. The molecule has 0 spiro atoms. The molecular weight excluding hydrogens is 332 g/mol. The average molecular weight is 354 g/mol. The number of esters is 1. The van der Waals surface area contributed by atoms with Gasteiger partial charge in [0.1, 0.15) is 5.57 Å². The molecule has 0 unspecified atom stereocenters. The van der Waals surface area contributed by atoms with E-state index < -0.39 is 5.97 Å². The highest BCUT2D eigenvalue weighted by atomic mass is 32.2. The van der Waals surface area contributed by atoms with E-state index in [1.54, 1.807) is 17.8 Å². The molecule has 0 heterocycles. The Bertz CT molecular complexity index is 751. The van der Waals surface area contributed by atoms with Crippen LogP contribution in [-0.4, -0.2) is 18.4 Å². The first-order chi connectivity index (χ1) is 12.1. The van der Waals surface area contributed by atoms with Crippen LogP contribution in [0.15, 0.2) is 65.1 Å². The van der Waals surface area contributed by atoms with Crippen LogP contribution in [0.25, 0.3) is 6.08 Å². The normalized spacial score (nSPS) is 11.2. The van der Waals surface area contributed by atoms with Crippen molar-refractivity contribution in [3.63, 3.8) is 0 Å². The number of ketones is 1. The van der Waals surface area contributed by atoms with Gasteiger partial charge in [-0.25, -0.2) is 4.79 Å². The highest BCUT2D eigenvalue weighted by molar-refractivity contribution is 7.98. The number of hydrogen-bond acceptors (Lipinski definition) is 4. The first kappa shape index (κ1) is 19.0. The second-order valence-corrected chi connectivity index (χ2v) is 6.58. The topological polar surface area (TPSA) is 43.4 Å². The number of carbonyl (C=O) groups excluding carboxylic acids is 2. The Hall–Kier alpha value is -2.33. The molecule has 0 aliphatic rings. The number of thioether (sulfide) groups is 1. The van der Waals surface area contributed by atoms with E-state index in [0.29, 0.717) is 6.61 Å². The minimum Gasteiger partial charge on any atom is -0.462 e. The first-order valence-electron chi connectivity index (χ1n) is 8.27. The third-order valence-electron chi connectivity index (χ3n) is 3.49. The molecule has 0 aliphatic carbocycles. The van der Waals surface area contributed by atoms with E-state index in [2.05, 4.69) is 12.1 Å². The number of Topliss-reactive ketones (excluding diaryl/α,β-unsaturated/α-hetero) is 1. The second-order valence-electron chi connectivity index (χ2n) is 5.56. The van der Waals surface area contributed by atoms with Gasteiger partial charge in [0, 0.05) is 10.6 Å². The van der Waals surface area contributed by atoms with Crippen LogP contribution in [-0.2, 0) is 20.1 Å². The van der Waals surface area contributed by atoms with Crippen LogP contribution in [0, 0.1) is 0 Å². The fraction of sp³-hybridized carbons (Fsp3) is 0.238. The van der Waals surface area contributed by atoms with Crippen molar-refractivity contribution in [1.29, 1.82) is 0 Å². The lowest BCUT2D eigenvalue weighted by atomic mass is 10.1. The van der Waals surface area contributed by atoms with Crippen molar-refractivity contribution >= 4 is 29.6 Å². The summed E-state index contributed by atoms with van der Waals surface area (Å²) in [5.41, 5.74) is 2.16. The zero-order chi connectivity index (χ0) is 18.1. The fourth-order valence-electron chi connectivity index (χ4n) is 2.20. The second kappa shape index (κ2) is 9.84. The largest absolute Gasteiger partial charge is 0.462 e. The number of benzene rings is 2. The Morgan fingerprint density at radius 2 is 1.72 bits per heavy atom. The maximum atomic E-state index is 12.1. The Balaban J connectivity index is 2.22. The van der Waals surface area contributed by atoms with Crippen LogP contribution in [0.2, 0.25) is 0 Å². The van der Waals surface area contributed by atoms with Crippen molar-refractivity contribution in [3.05, 3.63) is 71.3 Å². The van der Waals surface area contributed by atoms with Crippen molar-refractivity contribution in [2.75, 3.05) is 6.61 Å². The molecular formula is C21H22O3S. The van der Waals surface area contributed by atoms with Gasteiger partial charge >= 0.3 is 5.97 Å². The number of rotatable bonds is 8. The molecule has 2 aromatic carbocycles. The predicted octanol–water partition coefficient (Wildman–Crippen LogP) is 4.90. The van der Waals surface area contributed by atoms with Gasteiger partial charge in [-0.05, 0) is 36.6 Å². The molecule has 25 heavy (non-hydrogen) atoms. The van der Waals surface area contributed by atoms with E-state index in [1.807, 2.05) is 49.4 Å². The lowest BCUT2D eigenvalue weighted by Crippen LogP contribution is -2.14. The maximum absolute atomic E-state index is 12.1. The number of carbonyl (C=O) groups is 2. The summed E-state index contributed by atoms with van der Waals surface area (Å²) in [6.07, 6.45) is 2.36. The van der Waals surface area contributed by atoms with Gasteiger partial charge in [0.15, 0.2) is 5.78 Å². The summed E-state index contributed by atoms with van der Waals surface area (Å²) in [7, 11) is 0. The van der Waals surface area contributed by atoms with Crippen LogP contribution < -0.4 is 0 Å². The van der Waals surface area contributed by atoms with Gasteiger partial charge in [-0.2, -0.15) is 0 Å². The molecule has 4 heteroatoms. The lowest BCUT2D eigenvalue weighted by Gasteiger charge is -2.08. The monoisotopic (exact) mass is 354 g/mol. The third kappa shape index (κ3) is 5.91. The molecule has 0 atom stereocenters. The summed E-state index contributed by atoms with van der Waals surface area (Å²) in [5, 5.41) is 0.